The molecule has 0 unspecified atom stereocenters. The van der Waals surface area contributed by atoms with E-state index in [1.54, 1.807) is 11.8 Å². The Kier molecular flexibility index (Phi) is 6.23. The molecule has 0 N–H and O–H groups in total. The predicted octanol–water partition coefficient (Wildman–Crippen LogP) is 3.18. The van der Waals surface area contributed by atoms with Gasteiger partial charge in [-0.1, -0.05) is 25.4 Å². The van der Waals surface area contributed by atoms with Crippen molar-refractivity contribution in [3.8, 4) is 0 Å². The summed E-state index contributed by atoms with van der Waals surface area (Å²) in [5, 5.41) is 9.62. The summed E-state index contributed by atoms with van der Waals surface area (Å²) in [6.45, 7) is 11.7. The highest BCUT2D eigenvalue weighted by Gasteiger charge is 2.09. The minimum Gasteiger partial charge on any atom is -0.303 e. The standard InChI is InChI=1S/C12H20ClN3S/c1-5-16(6-2)7-8-17-12-10(4)9(3)11(13)14-15-12/h5-8H2,1-4H3. The molecule has 3 nitrogen and oxygen atoms in total. The van der Waals surface area contributed by atoms with E-state index in [4.69, 9.17) is 11.6 Å². The number of nitrogens with zero attached hydrogens (tertiary/aromatic N) is 3. The summed E-state index contributed by atoms with van der Waals surface area (Å²) in [6, 6.07) is 0. The Morgan fingerprint density at radius 2 is 1.76 bits per heavy atom. The SMILES string of the molecule is CCN(CC)CCSc1nnc(Cl)c(C)c1C. The van der Waals surface area contributed by atoms with Crippen LogP contribution in [0.4, 0.5) is 0 Å². The van der Waals surface area contributed by atoms with Gasteiger partial charge in [-0.25, -0.2) is 0 Å². The van der Waals surface area contributed by atoms with Gasteiger partial charge in [0.2, 0.25) is 0 Å². The van der Waals surface area contributed by atoms with E-state index in [1.165, 1.54) is 0 Å². The van der Waals surface area contributed by atoms with Crippen LogP contribution in [0.1, 0.15) is 25.0 Å². The van der Waals surface area contributed by atoms with Crippen molar-refractivity contribution < 1.29 is 0 Å². The number of hydrogen-bond acceptors (Lipinski definition) is 4. The topological polar surface area (TPSA) is 29.0 Å². The summed E-state index contributed by atoms with van der Waals surface area (Å²) in [5.41, 5.74) is 2.18. The maximum atomic E-state index is 5.92. The molecule has 0 amide bonds. The number of halogens is 1. The van der Waals surface area contributed by atoms with E-state index in [0.29, 0.717) is 5.15 Å². The minimum absolute atomic E-state index is 0.510. The van der Waals surface area contributed by atoms with E-state index in [2.05, 4.69) is 35.9 Å². The van der Waals surface area contributed by atoms with Crippen LogP contribution >= 0.6 is 23.4 Å². The summed E-state index contributed by atoms with van der Waals surface area (Å²) in [4.78, 5) is 2.40. The van der Waals surface area contributed by atoms with Crippen LogP contribution < -0.4 is 0 Å². The van der Waals surface area contributed by atoms with Crippen LogP contribution in [0.5, 0.6) is 0 Å². The monoisotopic (exact) mass is 273 g/mol. The zero-order valence-corrected chi connectivity index (χ0v) is 12.5. The highest BCUT2D eigenvalue weighted by Crippen LogP contribution is 2.24. The predicted molar refractivity (Wildman–Crippen MR) is 75.0 cm³/mol. The summed E-state index contributed by atoms with van der Waals surface area (Å²) in [6.07, 6.45) is 0. The maximum absolute atomic E-state index is 5.92. The van der Waals surface area contributed by atoms with Gasteiger partial charge in [0.1, 0.15) is 5.03 Å². The minimum atomic E-state index is 0.510. The lowest BCUT2D eigenvalue weighted by Crippen LogP contribution is -2.25. The Bertz CT molecular complexity index is 367. The molecule has 96 valence electrons. The van der Waals surface area contributed by atoms with Crippen LogP contribution in [0.3, 0.4) is 0 Å². The summed E-state index contributed by atoms with van der Waals surface area (Å²) in [7, 11) is 0. The Morgan fingerprint density at radius 3 is 2.35 bits per heavy atom. The zero-order chi connectivity index (χ0) is 12.8. The van der Waals surface area contributed by atoms with Gasteiger partial charge >= 0.3 is 0 Å². The fraction of sp³-hybridized carbons (Fsp3) is 0.667. The second-order valence-corrected chi connectivity index (χ2v) is 5.36. The molecule has 1 heterocycles. The largest absolute Gasteiger partial charge is 0.303 e. The molecule has 0 fully saturated rings. The maximum Gasteiger partial charge on any atom is 0.154 e. The van der Waals surface area contributed by atoms with Crippen LogP contribution in [-0.2, 0) is 0 Å². The fourth-order valence-electron chi connectivity index (χ4n) is 1.50. The molecule has 0 saturated heterocycles. The molecule has 1 rings (SSSR count). The van der Waals surface area contributed by atoms with Crippen LogP contribution in [0.2, 0.25) is 5.15 Å². The van der Waals surface area contributed by atoms with Crippen LogP contribution in [-0.4, -0.2) is 40.5 Å². The van der Waals surface area contributed by atoms with E-state index in [0.717, 1.165) is 41.5 Å². The molecule has 0 spiro atoms. The second-order valence-electron chi connectivity index (χ2n) is 3.92. The molecule has 0 aromatic carbocycles. The number of hydrogen-bond donors (Lipinski definition) is 0. The lowest BCUT2D eigenvalue weighted by atomic mass is 10.2. The third-order valence-electron chi connectivity index (χ3n) is 2.96. The first-order valence-electron chi connectivity index (χ1n) is 5.94. The van der Waals surface area contributed by atoms with Gasteiger partial charge in [-0.05, 0) is 38.1 Å². The molecule has 0 aliphatic heterocycles. The molecule has 0 radical (unpaired) electrons. The first kappa shape index (κ1) is 14.7. The van der Waals surface area contributed by atoms with Crippen molar-refractivity contribution in [3.63, 3.8) is 0 Å². The highest BCUT2D eigenvalue weighted by atomic mass is 35.5. The Hall–Kier alpha value is -0.320. The molecular weight excluding hydrogens is 254 g/mol. The summed E-state index contributed by atoms with van der Waals surface area (Å²) in [5.74, 6) is 1.04. The van der Waals surface area contributed by atoms with E-state index in [9.17, 15) is 0 Å². The fourth-order valence-corrected chi connectivity index (χ4v) is 2.69. The van der Waals surface area contributed by atoms with Gasteiger partial charge in [0.05, 0.1) is 0 Å². The quantitative estimate of drug-likeness (QED) is 0.745. The molecular formula is C12H20ClN3S. The van der Waals surface area contributed by atoms with Crippen LogP contribution in [0.25, 0.3) is 0 Å². The van der Waals surface area contributed by atoms with Crippen molar-refractivity contribution in [2.45, 2.75) is 32.7 Å². The van der Waals surface area contributed by atoms with Crippen molar-refractivity contribution in [1.82, 2.24) is 15.1 Å². The van der Waals surface area contributed by atoms with E-state index < -0.39 is 0 Å². The number of rotatable bonds is 6. The lowest BCUT2D eigenvalue weighted by molar-refractivity contribution is 0.324. The average molecular weight is 274 g/mol. The Labute approximate surface area is 113 Å². The Balaban J connectivity index is 2.55. The molecule has 1 aromatic rings. The molecule has 0 bridgehead atoms. The molecule has 0 atom stereocenters. The average Bonchev–Trinajstić information content (AvgIpc) is 2.34. The molecule has 0 aliphatic rings. The van der Waals surface area contributed by atoms with Crippen molar-refractivity contribution in [1.29, 1.82) is 0 Å². The van der Waals surface area contributed by atoms with Gasteiger partial charge in [-0.3, -0.25) is 0 Å². The first-order valence-corrected chi connectivity index (χ1v) is 7.31. The van der Waals surface area contributed by atoms with Crippen molar-refractivity contribution >= 4 is 23.4 Å². The Morgan fingerprint density at radius 1 is 1.12 bits per heavy atom. The smallest absolute Gasteiger partial charge is 0.154 e. The van der Waals surface area contributed by atoms with Gasteiger partial charge in [-0.2, -0.15) is 0 Å². The van der Waals surface area contributed by atoms with Crippen LogP contribution in [0, 0.1) is 13.8 Å². The molecule has 1 aromatic heterocycles. The van der Waals surface area contributed by atoms with Gasteiger partial charge < -0.3 is 4.90 Å². The summed E-state index contributed by atoms with van der Waals surface area (Å²) >= 11 is 7.68. The van der Waals surface area contributed by atoms with Gasteiger partial charge in [-0.15, -0.1) is 22.0 Å². The third-order valence-corrected chi connectivity index (χ3v) is 4.37. The van der Waals surface area contributed by atoms with Crippen molar-refractivity contribution in [3.05, 3.63) is 16.3 Å². The van der Waals surface area contributed by atoms with Crippen LogP contribution in [0.15, 0.2) is 5.03 Å². The van der Waals surface area contributed by atoms with Gasteiger partial charge in [0.15, 0.2) is 5.15 Å². The molecule has 5 heteroatoms. The van der Waals surface area contributed by atoms with Gasteiger partial charge in [0.25, 0.3) is 0 Å². The van der Waals surface area contributed by atoms with E-state index >= 15 is 0 Å². The molecule has 17 heavy (non-hydrogen) atoms. The van der Waals surface area contributed by atoms with E-state index in [1.807, 2.05) is 6.92 Å². The highest BCUT2D eigenvalue weighted by molar-refractivity contribution is 7.99. The van der Waals surface area contributed by atoms with Gasteiger partial charge in [0, 0.05) is 12.3 Å². The number of aromatic nitrogens is 2. The first-order chi connectivity index (χ1) is 8.10. The van der Waals surface area contributed by atoms with E-state index in [-0.39, 0.29) is 0 Å². The normalized spacial score (nSPS) is 11.2. The number of thioether (sulfide) groups is 1. The summed E-state index contributed by atoms with van der Waals surface area (Å²) < 4.78 is 0. The lowest BCUT2D eigenvalue weighted by Gasteiger charge is -2.17. The van der Waals surface area contributed by atoms with Crippen molar-refractivity contribution in [2.75, 3.05) is 25.4 Å². The molecule has 0 aliphatic carbocycles. The molecule has 0 saturated carbocycles. The zero-order valence-electron chi connectivity index (χ0n) is 11.0. The second kappa shape index (κ2) is 7.19. The third kappa shape index (κ3) is 4.12. The van der Waals surface area contributed by atoms with Crippen molar-refractivity contribution in [2.24, 2.45) is 0 Å².